The van der Waals surface area contributed by atoms with Gasteiger partial charge in [-0.3, -0.25) is 4.79 Å². The van der Waals surface area contributed by atoms with Crippen molar-refractivity contribution in [1.29, 1.82) is 0 Å². The van der Waals surface area contributed by atoms with Crippen molar-refractivity contribution < 1.29 is 9.53 Å². The van der Waals surface area contributed by atoms with Crippen molar-refractivity contribution >= 4 is 5.97 Å². The van der Waals surface area contributed by atoms with Crippen LogP contribution in [0.25, 0.3) is 0 Å². The van der Waals surface area contributed by atoms with E-state index in [2.05, 4.69) is 27.7 Å². The van der Waals surface area contributed by atoms with Crippen LogP contribution in [-0.2, 0) is 9.53 Å². The Balaban J connectivity index is 3.88. The third kappa shape index (κ3) is 7.72. The molecule has 0 radical (unpaired) electrons. The van der Waals surface area contributed by atoms with Crippen LogP contribution in [0.15, 0.2) is 0 Å². The van der Waals surface area contributed by atoms with E-state index in [9.17, 15) is 4.79 Å². The van der Waals surface area contributed by atoms with Gasteiger partial charge in [-0.1, -0.05) is 40.5 Å². The fourth-order valence-electron chi connectivity index (χ4n) is 2.20. The fourth-order valence-corrected chi connectivity index (χ4v) is 2.20. The molecule has 0 amide bonds. The lowest BCUT2D eigenvalue weighted by molar-refractivity contribution is -0.149. The first-order chi connectivity index (χ1) is 7.41. The van der Waals surface area contributed by atoms with Crippen LogP contribution in [0.1, 0.15) is 73.1 Å². The van der Waals surface area contributed by atoms with Crippen LogP contribution >= 0.6 is 0 Å². The summed E-state index contributed by atoms with van der Waals surface area (Å²) in [5, 5.41) is 0. The van der Waals surface area contributed by atoms with Crippen LogP contribution in [0.2, 0.25) is 0 Å². The van der Waals surface area contributed by atoms with E-state index < -0.39 is 0 Å². The van der Waals surface area contributed by atoms with Gasteiger partial charge in [0.2, 0.25) is 0 Å². The number of hydrogen-bond donors (Lipinski definition) is 0. The lowest BCUT2D eigenvalue weighted by atomic mass is 9.83. The Labute approximate surface area is 101 Å². The van der Waals surface area contributed by atoms with Gasteiger partial charge in [-0.2, -0.15) is 0 Å². The minimum absolute atomic E-state index is 0.0401. The first-order valence-electron chi connectivity index (χ1n) is 6.60. The summed E-state index contributed by atoms with van der Waals surface area (Å²) in [6.45, 7) is 10.8. The molecule has 2 nitrogen and oxygen atoms in total. The molecule has 0 fully saturated rings. The highest BCUT2D eigenvalue weighted by molar-refractivity contribution is 5.69. The summed E-state index contributed by atoms with van der Waals surface area (Å²) in [5.74, 6) is -0.0401. The van der Waals surface area contributed by atoms with Gasteiger partial charge in [-0.15, -0.1) is 0 Å². The van der Waals surface area contributed by atoms with Gasteiger partial charge < -0.3 is 4.74 Å². The number of esters is 1. The maximum absolute atomic E-state index is 11.4. The molecule has 16 heavy (non-hydrogen) atoms. The highest BCUT2D eigenvalue weighted by Crippen LogP contribution is 2.29. The van der Waals surface area contributed by atoms with E-state index >= 15 is 0 Å². The maximum atomic E-state index is 11.4. The molecule has 2 heteroatoms. The van der Waals surface area contributed by atoms with Gasteiger partial charge in [0.1, 0.15) is 0 Å². The normalized spacial score (nSPS) is 13.6. The minimum atomic E-state index is -0.0401. The number of carbonyl (C=O) groups is 1. The van der Waals surface area contributed by atoms with Crippen molar-refractivity contribution in [2.45, 2.75) is 79.2 Å². The van der Waals surface area contributed by atoms with E-state index in [1.54, 1.807) is 0 Å². The molecule has 1 unspecified atom stereocenters. The van der Waals surface area contributed by atoms with Crippen molar-refractivity contribution in [3.05, 3.63) is 0 Å². The smallest absolute Gasteiger partial charge is 0.306 e. The Morgan fingerprint density at radius 2 is 1.88 bits per heavy atom. The molecule has 0 spiro atoms. The topological polar surface area (TPSA) is 26.3 Å². The Morgan fingerprint density at radius 3 is 2.38 bits per heavy atom. The molecule has 0 heterocycles. The average molecular weight is 228 g/mol. The first-order valence-corrected chi connectivity index (χ1v) is 6.60. The Bertz CT molecular complexity index is 197. The van der Waals surface area contributed by atoms with Gasteiger partial charge in [0.05, 0.1) is 6.10 Å². The molecular weight excluding hydrogens is 200 g/mol. The van der Waals surface area contributed by atoms with Crippen LogP contribution in [0.3, 0.4) is 0 Å². The van der Waals surface area contributed by atoms with Crippen LogP contribution in [0.4, 0.5) is 0 Å². The quantitative estimate of drug-likeness (QED) is 0.578. The number of unbranched alkanes of at least 4 members (excludes halogenated alkanes) is 1. The minimum Gasteiger partial charge on any atom is -0.463 e. The Morgan fingerprint density at radius 1 is 1.25 bits per heavy atom. The third-order valence-electron chi connectivity index (χ3n) is 2.83. The first kappa shape index (κ1) is 15.5. The Kier molecular flexibility index (Phi) is 7.44. The average Bonchev–Trinajstić information content (AvgIpc) is 2.13. The summed E-state index contributed by atoms with van der Waals surface area (Å²) in [6.07, 6.45) is 5.92. The van der Waals surface area contributed by atoms with E-state index in [0.717, 1.165) is 19.3 Å². The Hall–Kier alpha value is -0.530. The zero-order valence-corrected chi connectivity index (χ0v) is 11.6. The summed E-state index contributed by atoms with van der Waals surface area (Å²) in [5.41, 5.74) is 0.277. The molecule has 0 rings (SSSR count). The second kappa shape index (κ2) is 7.70. The molecule has 0 saturated heterocycles. The van der Waals surface area contributed by atoms with Crippen LogP contribution in [0, 0.1) is 5.41 Å². The molecule has 96 valence electrons. The number of hydrogen-bond acceptors (Lipinski definition) is 2. The predicted molar refractivity (Wildman–Crippen MR) is 68.4 cm³/mol. The van der Waals surface area contributed by atoms with Crippen molar-refractivity contribution in [3.63, 3.8) is 0 Å². The number of ether oxygens (including phenoxy) is 1. The maximum Gasteiger partial charge on any atom is 0.306 e. The molecule has 0 saturated carbocycles. The summed E-state index contributed by atoms with van der Waals surface area (Å²) in [7, 11) is 0. The molecule has 0 aromatic rings. The van der Waals surface area contributed by atoms with Crippen molar-refractivity contribution in [2.75, 3.05) is 0 Å². The number of carbonyl (C=O) groups excluding carboxylic acids is 1. The monoisotopic (exact) mass is 228 g/mol. The van der Waals surface area contributed by atoms with Crippen LogP contribution in [0.5, 0.6) is 0 Å². The molecule has 0 aliphatic carbocycles. The highest BCUT2D eigenvalue weighted by atomic mass is 16.5. The molecule has 0 aliphatic rings. The van der Waals surface area contributed by atoms with Crippen LogP contribution < -0.4 is 0 Å². The van der Waals surface area contributed by atoms with Crippen molar-refractivity contribution in [2.24, 2.45) is 5.41 Å². The lowest BCUT2D eigenvalue weighted by Crippen LogP contribution is -2.23. The molecule has 0 N–H and O–H groups in total. The second-order valence-electron chi connectivity index (χ2n) is 5.52. The molecule has 0 aromatic carbocycles. The summed E-state index contributed by atoms with van der Waals surface area (Å²) in [6, 6.07) is 0. The third-order valence-corrected chi connectivity index (χ3v) is 2.83. The zero-order valence-electron chi connectivity index (χ0n) is 11.6. The van der Waals surface area contributed by atoms with E-state index in [0.29, 0.717) is 6.42 Å². The fraction of sp³-hybridized carbons (Fsp3) is 0.929. The largest absolute Gasteiger partial charge is 0.463 e. The van der Waals surface area contributed by atoms with E-state index in [1.165, 1.54) is 12.8 Å². The second-order valence-corrected chi connectivity index (χ2v) is 5.52. The number of rotatable bonds is 8. The van der Waals surface area contributed by atoms with Gasteiger partial charge in [-0.05, 0) is 31.6 Å². The molecule has 1 atom stereocenters. The summed E-state index contributed by atoms with van der Waals surface area (Å²) in [4.78, 5) is 11.4. The van der Waals surface area contributed by atoms with E-state index in [-0.39, 0.29) is 17.5 Å². The predicted octanol–water partition coefficient (Wildman–Crippen LogP) is 4.32. The van der Waals surface area contributed by atoms with Gasteiger partial charge >= 0.3 is 5.97 Å². The molecule has 0 aromatic heterocycles. The lowest BCUT2D eigenvalue weighted by Gasteiger charge is -2.27. The highest BCUT2D eigenvalue weighted by Gasteiger charge is 2.22. The van der Waals surface area contributed by atoms with Gasteiger partial charge in [-0.25, -0.2) is 0 Å². The van der Waals surface area contributed by atoms with Crippen molar-refractivity contribution in [3.8, 4) is 0 Å². The zero-order chi connectivity index (χ0) is 12.6. The standard InChI is InChI=1S/C14H28O2/c1-6-8-9-13(15)16-12(3)11-14(4,5)10-7-2/h12H,6-11H2,1-5H3. The molecular formula is C14H28O2. The summed E-state index contributed by atoms with van der Waals surface area (Å²) >= 11 is 0. The van der Waals surface area contributed by atoms with E-state index in [1.807, 2.05) is 6.92 Å². The van der Waals surface area contributed by atoms with Gasteiger partial charge in [0.25, 0.3) is 0 Å². The molecule has 0 bridgehead atoms. The van der Waals surface area contributed by atoms with Gasteiger partial charge in [0, 0.05) is 6.42 Å². The summed E-state index contributed by atoms with van der Waals surface area (Å²) < 4.78 is 5.40. The van der Waals surface area contributed by atoms with Crippen molar-refractivity contribution in [1.82, 2.24) is 0 Å². The van der Waals surface area contributed by atoms with Gasteiger partial charge in [0.15, 0.2) is 0 Å². The molecule has 0 aliphatic heterocycles. The SMILES string of the molecule is CCCCC(=O)OC(C)CC(C)(C)CCC. The van der Waals surface area contributed by atoms with E-state index in [4.69, 9.17) is 4.74 Å². The van der Waals surface area contributed by atoms with Crippen LogP contribution in [-0.4, -0.2) is 12.1 Å².